The number of anilines is 3. The molecule has 3 heteroatoms. The fraction of sp³-hybridized carbons (Fsp3) is 0. The topological polar surface area (TPSA) is 21.3 Å². The number of fused-ring (bicyclic) bond motifs is 8. The number of rotatable bonds is 7. The molecule has 0 aliphatic heterocycles. The molecule has 2 aromatic heterocycles. The number of hydrogen-bond acceptors (Lipinski definition) is 2. The standard InChI is InChI=1S/C58H38N2O/c1-3-15-39(16-4-1)40-29-33-45(34-30-40)59(53-26-11-10-24-49(53)51-25-14-28-56-57(51)52-36-31-41-17-7-8-22-47(41)58(52)61-56)46-21-13-18-42(37-46)43-32-35-50-48-23-9-12-27-54(48)60(55(50)38-43)44-19-5-2-6-20-44/h1-38H. The number of hydrogen-bond donors (Lipinski definition) is 0. The average Bonchev–Trinajstić information content (AvgIpc) is 3.89. The monoisotopic (exact) mass is 778 g/mol. The first-order valence-electron chi connectivity index (χ1n) is 20.8. The van der Waals surface area contributed by atoms with Gasteiger partial charge in [-0.25, -0.2) is 0 Å². The zero-order valence-corrected chi connectivity index (χ0v) is 33.2. The predicted molar refractivity (Wildman–Crippen MR) is 257 cm³/mol. The average molecular weight is 779 g/mol. The minimum absolute atomic E-state index is 0.878. The Bertz CT molecular complexity index is 3580. The highest BCUT2D eigenvalue weighted by molar-refractivity contribution is 6.20. The van der Waals surface area contributed by atoms with Crippen LogP contribution >= 0.6 is 0 Å². The number of aromatic nitrogens is 1. The second-order valence-electron chi connectivity index (χ2n) is 15.7. The van der Waals surface area contributed by atoms with Gasteiger partial charge in [-0.05, 0) is 99.9 Å². The van der Waals surface area contributed by atoms with Gasteiger partial charge in [-0.15, -0.1) is 0 Å². The molecule has 12 rings (SSSR count). The van der Waals surface area contributed by atoms with Gasteiger partial charge in [0, 0.05) is 49.6 Å². The molecule has 2 heterocycles. The summed E-state index contributed by atoms with van der Waals surface area (Å²) in [5.74, 6) is 0. The predicted octanol–water partition coefficient (Wildman–Crippen LogP) is 16.3. The van der Waals surface area contributed by atoms with Crippen molar-refractivity contribution in [1.29, 1.82) is 0 Å². The maximum absolute atomic E-state index is 6.69. The molecule has 0 atom stereocenters. The van der Waals surface area contributed by atoms with E-state index >= 15 is 0 Å². The largest absolute Gasteiger partial charge is 0.455 e. The smallest absolute Gasteiger partial charge is 0.143 e. The van der Waals surface area contributed by atoms with Gasteiger partial charge in [-0.2, -0.15) is 0 Å². The maximum atomic E-state index is 6.69. The van der Waals surface area contributed by atoms with Crippen LogP contribution in [-0.4, -0.2) is 4.57 Å². The van der Waals surface area contributed by atoms with Crippen LogP contribution in [0.15, 0.2) is 235 Å². The van der Waals surface area contributed by atoms with Crippen LogP contribution in [0.4, 0.5) is 17.1 Å². The molecule has 0 spiro atoms. The first-order valence-corrected chi connectivity index (χ1v) is 20.8. The van der Waals surface area contributed by atoms with Crippen LogP contribution in [0.2, 0.25) is 0 Å². The molecule has 0 bridgehead atoms. The van der Waals surface area contributed by atoms with E-state index in [2.05, 4.69) is 240 Å². The second-order valence-corrected chi connectivity index (χ2v) is 15.7. The molecule has 10 aromatic carbocycles. The Morgan fingerprint density at radius 2 is 0.984 bits per heavy atom. The summed E-state index contributed by atoms with van der Waals surface area (Å²) in [5, 5.41) is 7.00. The van der Waals surface area contributed by atoms with E-state index in [0.717, 1.165) is 72.3 Å². The molecule has 0 fully saturated rings. The maximum Gasteiger partial charge on any atom is 0.143 e. The van der Waals surface area contributed by atoms with E-state index in [9.17, 15) is 0 Å². The van der Waals surface area contributed by atoms with Crippen LogP contribution < -0.4 is 4.90 Å². The Labute approximate surface area is 353 Å². The first-order chi connectivity index (χ1) is 30.3. The summed E-state index contributed by atoms with van der Waals surface area (Å²) in [7, 11) is 0. The number of para-hydroxylation sites is 3. The van der Waals surface area contributed by atoms with Gasteiger partial charge in [0.05, 0.1) is 16.7 Å². The summed E-state index contributed by atoms with van der Waals surface area (Å²) in [4.78, 5) is 2.41. The van der Waals surface area contributed by atoms with Gasteiger partial charge in [-0.1, -0.05) is 164 Å². The third-order valence-electron chi connectivity index (χ3n) is 12.2. The van der Waals surface area contributed by atoms with Crippen LogP contribution in [0.5, 0.6) is 0 Å². The van der Waals surface area contributed by atoms with E-state index in [4.69, 9.17) is 4.42 Å². The SMILES string of the molecule is c1ccc(-c2ccc(N(c3cccc(-c4ccc5c6ccccc6n(-c6ccccc6)c5c4)c3)c3ccccc3-c3cccc4oc5c6ccccc6ccc5c34)cc2)cc1. The Hall–Kier alpha value is -8.14. The molecule has 0 unspecified atom stereocenters. The van der Waals surface area contributed by atoms with E-state index in [1.807, 2.05) is 0 Å². The summed E-state index contributed by atoms with van der Waals surface area (Å²) in [6, 6.07) is 82.9. The van der Waals surface area contributed by atoms with Crippen LogP contribution in [0.3, 0.4) is 0 Å². The molecule has 0 amide bonds. The normalized spacial score (nSPS) is 11.6. The van der Waals surface area contributed by atoms with Crippen molar-refractivity contribution in [2.45, 2.75) is 0 Å². The molecule has 12 aromatic rings. The van der Waals surface area contributed by atoms with E-state index < -0.39 is 0 Å². The molecule has 286 valence electrons. The van der Waals surface area contributed by atoms with Crippen LogP contribution in [0, 0.1) is 0 Å². The van der Waals surface area contributed by atoms with Gasteiger partial charge in [-0.3, -0.25) is 0 Å². The third-order valence-corrected chi connectivity index (χ3v) is 12.2. The lowest BCUT2D eigenvalue weighted by Crippen LogP contribution is -2.11. The number of furan rings is 1. The summed E-state index contributed by atoms with van der Waals surface area (Å²) in [6.45, 7) is 0. The molecule has 0 N–H and O–H groups in total. The van der Waals surface area contributed by atoms with E-state index in [1.54, 1.807) is 0 Å². The molecule has 0 aliphatic rings. The second kappa shape index (κ2) is 14.3. The minimum atomic E-state index is 0.878. The van der Waals surface area contributed by atoms with E-state index in [1.165, 1.54) is 38.3 Å². The third kappa shape index (κ3) is 5.82. The molecule has 3 nitrogen and oxygen atoms in total. The summed E-state index contributed by atoms with van der Waals surface area (Å²) >= 11 is 0. The molecule has 61 heavy (non-hydrogen) atoms. The Morgan fingerprint density at radius 3 is 1.85 bits per heavy atom. The highest BCUT2D eigenvalue weighted by Gasteiger charge is 2.22. The van der Waals surface area contributed by atoms with Gasteiger partial charge >= 0.3 is 0 Å². The van der Waals surface area contributed by atoms with Crippen molar-refractivity contribution in [3.8, 4) is 39.1 Å². The molecule has 0 saturated carbocycles. The molecule has 0 aliphatic carbocycles. The van der Waals surface area contributed by atoms with Crippen molar-refractivity contribution >= 4 is 71.6 Å². The number of benzene rings is 10. The van der Waals surface area contributed by atoms with Crippen molar-refractivity contribution in [3.63, 3.8) is 0 Å². The van der Waals surface area contributed by atoms with Crippen molar-refractivity contribution in [2.24, 2.45) is 0 Å². The van der Waals surface area contributed by atoms with Crippen LogP contribution in [-0.2, 0) is 0 Å². The fourth-order valence-corrected chi connectivity index (χ4v) is 9.37. The van der Waals surface area contributed by atoms with Gasteiger partial charge in [0.2, 0.25) is 0 Å². The van der Waals surface area contributed by atoms with Gasteiger partial charge in [0.25, 0.3) is 0 Å². The molecular formula is C58H38N2O. The van der Waals surface area contributed by atoms with Crippen molar-refractivity contribution in [1.82, 2.24) is 4.57 Å². The molecular weight excluding hydrogens is 741 g/mol. The van der Waals surface area contributed by atoms with Crippen molar-refractivity contribution in [2.75, 3.05) is 4.90 Å². The van der Waals surface area contributed by atoms with Gasteiger partial charge in [0.15, 0.2) is 0 Å². The van der Waals surface area contributed by atoms with Gasteiger partial charge < -0.3 is 13.9 Å². The highest BCUT2D eigenvalue weighted by Crippen LogP contribution is 2.46. The van der Waals surface area contributed by atoms with Crippen molar-refractivity contribution < 1.29 is 4.42 Å². The molecule has 0 radical (unpaired) electrons. The van der Waals surface area contributed by atoms with E-state index in [-0.39, 0.29) is 0 Å². The fourth-order valence-electron chi connectivity index (χ4n) is 9.37. The summed E-state index contributed by atoms with van der Waals surface area (Å²) in [5.41, 5.74) is 15.5. The first kappa shape index (κ1) is 34.9. The molecule has 0 saturated heterocycles. The Morgan fingerprint density at radius 1 is 0.361 bits per heavy atom. The zero-order chi connectivity index (χ0) is 40.3. The zero-order valence-electron chi connectivity index (χ0n) is 33.2. The van der Waals surface area contributed by atoms with Gasteiger partial charge in [0.1, 0.15) is 11.2 Å². The summed E-state index contributed by atoms with van der Waals surface area (Å²) in [6.07, 6.45) is 0. The van der Waals surface area contributed by atoms with Crippen LogP contribution in [0.1, 0.15) is 0 Å². The summed E-state index contributed by atoms with van der Waals surface area (Å²) < 4.78 is 9.08. The Kier molecular flexibility index (Phi) is 8.17. The lowest BCUT2D eigenvalue weighted by atomic mass is 9.95. The highest BCUT2D eigenvalue weighted by atomic mass is 16.3. The quantitative estimate of drug-likeness (QED) is 0.161. The Balaban J connectivity index is 1.05. The van der Waals surface area contributed by atoms with E-state index in [0.29, 0.717) is 0 Å². The lowest BCUT2D eigenvalue weighted by Gasteiger charge is -2.28. The van der Waals surface area contributed by atoms with Crippen molar-refractivity contribution in [3.05, 3.63) is 231 Å². The minimum Gasteiger partial charge on any atom is -0.455 e. The van der Waals surface area contributed by atoms with Crippen LogP contribution in [0.25, 0.3) is 93.6 Å². The lowest BCUT2D eigenvalue weighted by molar-refractivity contribution is 0.673. The number of nitrogens with zero attached hydrogens (tertiary/aromatic N) is 2.